The summed E-state index contributed by atoms with van der Waals surface area (Å²) in [4.78, 5) is 2.59. The van der Waals surface area contributed by atoms with Gasteiger partial charge in [-0.2, -0.15) is 0 Å². The molecule has 1 N–H and O–H groups in total. The number of hydrogen-bond acceptors (Lipinski definition) is 2. The van der Waals surface area contributed by atoms with E-state index >= 15 is 0 Å². The second-order valence-corrected chi connectivity index (χ2v) is 6.42. The molecule has 1 aliphatic rings. The summed E-state index contributed by atoms with van der Waals surface area (Å²) in [5.41, 5.74) is 1.69. The summed E-state index contributed by atoms with van der Waals surface area (Å²) in [6.07, 6.45) is 4.64. The number of aryl methyl sites for hydroxylation is 1. The lowest BCUT2D eigenvalue weighted by atomic mass is 9.98. The van der Waals surface area contributed by atoms with E-state index in [1.54, 1.807) is 0 Å². The van der Waals surface area contributed by atoms with E-state index in [1.807, 2.05) is 0 Å². The minimum absolute atomic E-state index is 0.323. The molecule has 0 spiro atoms. The number of rotatable bonds is 3. The standard InChI is InChI=1S/C15H27N3/c1-15(2,3)18-10-7-13(8-11-18)16-12-14-6-5-9-17(14)4/h5-6,9,13,16H,7-8,10-12H2,1-4H3. The first kappa shape index (κ1) is 13.6. The van der Waals surface area contributed by atoms with E-state index in [2.05, 4.69) is 60.9 Å². The smallest absolute Gasteiger partial charge is 0.0361 e. The van der Waals surface area contributed by atoms with Gasteiger partial charge in [0.15, 0.2) is 0 Å². The highest BCUT2D eigenvalue weighted by atomic mass is 15.2. The van der Waals surface area contributed by atoms with Gasteiger partial charge in [-0.3, -0.25) is 4.90 Å². The molecule has 102 valence electrons. The van der Waals surface area contributed by atoms with Crippen LogP contribution < -0.4 is 5.32 Å². The van der Waals surface area contributed by atoms with Gasteiger partial charge in [0.1, 0.15) is 0 Å². The lowest BCUT2D eigenvalue weighted by Crippen LogP contribution is -2.49. The summed E-state index contributed by atoms with van der Waals surface area (Å²) < 4.78 is 2.19. The molecule has 1 aromatic heterocycles. The Morgan fingerprint density at radius 2 is 1.94 bits per heavy atom. The van der Waals surface area contributed by atoms with Gasteiger partial charge in [0, 0.05) is 50.2 Å². The van der Waals surface area contributed by atoms with E-state index < -0.39 is 0 Å². The average Bonchev–Trinajstić information content (AvgIpc) is 2.72. The Bertz CT molecular complexity index is 367. The summed E-state index contributed by atoms with van der Waals surface area (Å²) in [6.45, 7) is 10.4. The van der Waals surface area contributed by atoms with Crippen LogP contribution in [0, 0.1) is 0 Å². The third-order valence-electron chi connectivity index (χ3n) is 4.07. The molecular formula is C15H27N3. The minimum Gasteiger partial charge on any atom is -0.353 e. The number of likely N-dealkylation sites (tertiary alicyclic amines) is 1. The molecule has 0 saturated carbocycles. The maximum Gasteiger partial charge on any atom is 0.0361 e. The van der Waals surface area contributed by atoms with Gasteiger partial charge in [-0.15, -0.1) is 0 Å². The maximum atomic E-state index is 3.69. The Hall–Kier alpha value is -0.800. The second kappa shape index (κ2) is 5.45. The summed E-state index contributed by atoms with van der Waals surface area (Å²) in [5, 5.41) is 3.69. The minimum atomic E-state index is 0.323. The van der Waals surface area contributed by atoms with Crippen molar-refractivity contribution in [2.45, 2.75) is 51.7 Å². The molecule has 0 bridgehead atoms. The third-order valence-corrected chi connectivity index (χ3v) is 4.07. The molecule has 3 nitrogen and oxygen atoms in total. The van der Waals surface area contributed by atoms with Crippen molar-refractivity contribution in [3.05, 3.63) is 24.0 Å². The summed E-state index contributed by atoms with van der Waals surface area (Å²) in [5.74, 6) is 0. The highest BCUT2D eigenvalue weighted by molar-refractivity contribution is 5.06. The van der Waals surface area contributed by atoms with Crippen molar-refractivity contribution in [3.63, 3.8) is 0 Å². The summed E-state index contributed by atoms with van der Waals surface area (Å²) in [7, 11) is 2.11. The zero-order chi connectivity index (χ0) is 13.2. The van der Waals surface area contributed by atoms with Gasteiger partial charge in [0.25, 0.3) is 0 Å². The van der Waals surface area contributed by atoms with Crippen molar-refractivity contribution in [2.75, 3.05) is 13.1 Å². The van der Waals surface area contributed by atoms with Crippen LogP contribution in [0.3, 0.4) is 0 Å². The zero-order valence-corrected chi connectivity index (χ0v) is 12.2. The predicted molar refractivity (Wildman–Crippen MR) is 76.6 cm³/mol. The topological polar surface area (TPSA) is 20.2 Å². The van der Waals surface area contributed by atoms with Gasteiger partial charge in [-0.05, 0) is 45.7 Å². The quantitative estimate of drug-likeness (QED) is 0.887. The van der Waals surface area contributed by atoms with Gasteiger partial charge in [-0.25, -0.2) is 0 Å². The SMILES string of the molecule is Cn1cccc1CNC1CCN(C(C)(C)C)CC1. The molecule has 0 atom stereocenters. The van der Waals surface area contributed by atoms with Crippen molar-refractivity contribution < 1.29 is 0 Å². The van der Waals surface area contributed by atoms with Crippen LogP contribution in [0.1, 0.15) is 39.3 Å². The largest absolute Gasteiger partial charge is 0.353 e. The fourth-order valence-electron chi connectivity index (χ4n) is 2.68. The Labute approximate surface area is 111 Å². The first-order chi connectivity index (χ1) is 8.47. The van der Waals surface area contributed by atoms with Crippen LogP contribution in [-0.4, -0.2) is 34.1 Å². The van der Waals surface area contributed by atoms with Gasteiger partial charge in [0.05, 0.1) is 0 Å². The monoisotopic (exact) mass is 249 g/mol. The van der Waals surface area contributed by atoms with E-state index in [0.717, 1.165) is 6.54 Å². The zero-order valence-electron chi connectivity index (χ0n) is 12.2. The van der Waals surface area contributed by atoms with Crippen LogP contribution in [0.5, 0.6) is 0 Å². The first-order valence-corrected chi connectivity index (χ1v) is 7.05. The summed E-state index contributed by atoms with van der Waals surface area (Å²) in [6, 6.07) is 4.98. The van der Waals surface area contributed by atoms with Crippen molar-refractivity contribution in [1.29, 1.82) is 0 Å². The molecule has 1 saturated heterocycles. The second-order valence-electron chi connectivity index (χ2n) is 6.42. The Kier molecular flexibility index (Phi) is 4.13. The summed E-state index contributed by atoms with van der Waals surface area (Å²) >= 11 is 0. The Morgan fingerprint density at radius 3 is 2.44 bits per heavy atom. The maximum absolute atomic E-state index is 3.69. The van der Waals surface area contributed by atoms with Crippen LogP contribution in [0.25, 0.3) is 0 Å². The molecule has 1 aliphatic heterocycles. The van der Waals surface area contributed by atoms with Gasteiger partial charge in [-0.1, -0.05) is 0 Å². The highest BCUT2D eigenvalue weighted by Gasteiger charge is 2.26. The number of piperidine rings is 1. The highest BCUT2D eigenvalue weighted by Crippen LogP contribution is 2.20. The molecule has 0 amide bonds. The van der Waals surface area contributed by atoms with Crippen LogP contribution >= 0.6 is 0 Å². The number of nitrogens with zero attached hydrogens (tertiary/aromatic N) is 2. The van der Waals surface area contributed by atoms with E-state index in [-0.39, 0.29) is 0 Å². The molecular weight excluding hydrogens is 222 g/mol. The first-order valence-electron chi connectivity index (χ1n) is 7.05. The number of nitrogens with one attached hydrogen (secondary N) is 1. The van der Waals surface area contributed by atoms with Crippen molar-refractivity contribution in [3.8, 4) is 0 Å². The van der Waals surface area contributed by atoms with Crippen molar-refractivity contribution in [1.82, 2.24) is 14.8 Å². The lowest BCUT2D eigenvalue weighted by molar-refractivity contribution is 0.0959. The van der Waals surface area contributed by atoms with E-state index in [4.69, 9.17) is 0 Å². The molecule has 0 radical (unpaired) electrons. The molecule has 1 fully saturated rings. The fraction of sp³-hybridized carbons (Fsp3) is 0.733. The lowest BCUT2D eigenvalue weighted by Gasteiger charge is -2.41. The molecule has 2 heterocycles. The number of aromatic nitrogens is 1. The molecule has 3 heteroatoms. The van der Waals surface area contributed by atoms with Crippen molar-refractivity contribution >= 4 is 0 Å². The predicted octanol–water partition coefficient (Wildman–Crippen LogP) is 2.38. The fourth-order valence-corrected chi connectivity index (χ4v) is 2.68. The molecule has 0 aromatic carbocycles. The average molecular weight is 249 g/mol. The molecule has 2 rings (SSSR count). The van der Waals surface area contributed by atoms with Gasteiger partial charge in [0.2, 0.25) is 0 Å². The van der Waals surface area contributed by atoms with Crippen LogP contribution in [-0.2, 0) is 13.6 Å². The van der Waals surface area contributed by atoms with E-state index in [1.165, 1.54) is 31.6 Å². The molecule has 18 heavy (non-hydrogen) atoms. The van der Waals surface area contributed by atoms with Crippen molar-refractivity contribution in [2.24, 2.45) is 7.05 Å². The number of hydrogen-bond donors (Lipinski definition) is 1. The third kappa shape index (κ3) is 3.36. The van der Waals surface area contributed by atoms with Crippen LogP contribution in [0.2, 0.25) is 0 Å². The van der Waals surface area contributed by atoms with Crippen LogP contribution in [0.15, 0.2) is 18.3 Å². The van der Waals surface area contributed by atoms with E-state index in [0.29, 0.717) is 11.6 Å². The molecule has 0 aliphatic carbocycles. The molecule has 1 aromatic rings. The van der Waals surface area contributed by atoms with Crippen LogP contribution in [0.4, 0.5) is 0 Å². The van der Waals surface area contributed by atoms with Gasteiger partial charge >= 0.3 is 0 Å². The normalized spacial score (nSPS) is 19.3. The van der Waals surface area contributed by atoms with Gasteiger partial charge < -0.3 is 9.88 Å². The Morgan fingerprint density at radius 1 is 1.28 bits per heavy atom. The molecule has 0 unspecified atom stereocenters. The van der Waals surface area contributed by atoms with E-state index in [9.17, 15) is 0 Å². The Balaban J connectivity index is 1.76.